The highest BCUT2D eigenvalue weighted by Crippen LogP contribution is 2.23. The van der Waals surface area contributed by atoms with Crippen molar-refractivity contribution in [3.63, 3.8) is 0 Å². The molecule has 0 bridgehead atoms. The molecule has 0 spiro atoms. The average Bonchev–Trinajstić information content (AvgIpc) is 2.30. The summed E-state index contributed by atoms with van der Waals surface area (Å²) in [5, 5.41) is 3.23. The number of rotatable bonds is 6. The molecule has 0 heterocycles. The smallest absolute Gasteiger partial charge is 0.126 e. The van der Waals surface area contributed by atoms with Gasteiger partial charge in [0, 0.05) is 19.8 Å². The molecule has 1 aromatic rings. The number of hydrogen-bond acceptors (Lipinski definition) is 2. The topological polar surface area (TPSA) is 21.3 Å². The molecule has 17 heavy (non-hydrogen) atoms. The van der Waals surface area contributed by atoms with Crippen molar-refractivity contribution in [3.05, 3.63) is 35.1 Å². The van der Waals surface area contributed by atoms with Crippen molar-refractivity contribution in [1.29, 1.82) is 0 Å². The first-order chi connectivity index (χ1) is 8.08. The number of aryl methyl sites for hydroxylation is 1. The van der Waals surface area contributed by atoms with Gasteiger partial charge in [0.25, 0.3) is 0 Å². The van der Waals surface area contributed by atoms with Crippen molar-refractivity contribution >= 4 is 0 Å². The van der Waals surface area contributed by atoms with E-state index in [9.17, 15) is 4.39 Å². The number of hydrogen-bond donors (Lipinski definition) is 1. The predicted molar refractivity (Wildman–Crippen MR) is 68.6 cm³/mol. The van der Waals surface area contributed by atoms with Crippen LogP contribution in [0.3, 0.4) is 0 Å². The van der Waals surface area contributed by atoms with Gasteiger partial charge in [-0.2, -0.15) is 0 Å². The minimum Gasteiger partial charge on any atom is -0.384 e. The van der Waals surface area contributed by atoms with Gasteiger partial charge in [-0.25, -0.2) is 4.39 Å². The fourth-order valence-corrected chi connectivity index (χ4v) is 2.00. The van der Waals surface area contributed by atoms with Crippen LogP contribution >= 0.6 is 0 Å². The van der Waals surface area contributed by atoms with Crippen molar-refractivity contribution in [2.24, 2.45) is 5.92 Å². The van der Waals surface area contributed by atoms with E-state index in [4.69, 9.17) is 4.74 Å². The summed E-state index contributed by atoms with van der Waals surface area (Å²) in [6.45, 7) is 4.64. The van der Waals surface area contributed by atoms with Gasteiger partial charge in [-0.15, -0.1) is 0 Å². The summed E-state index contributed by atoms with van der Waals surface area (Å²) in [4.78, 5) is 0. The van der Waals surface area contributed by atoms with Crippen LogP contribution in [0.2, 0.25) is 0 Å². The molecule has 1 rings (SSSR count). The summed E-state index contributed by atoms with van der Waals surface area (Å²) < 4.78 is 18.6. The number of ether oxygens (including phenoxy) is 1. The van der Waals surface area contributed by atoms with E-state index in [0.29, 0.717) is 11.5 Å². The standard InChI is InChI=1S/C14H22FNO/c1-10(9-17-4)7-14(16-3)12-6-5-11(2)13(15)8-12/h5-6,8,10,14,16H,7,9H2,1-4H3. The molecule has 96 valence electrons. The predicted octanol–water partition coefficient (Wildman–Crippen LogP) is 3.07. The first-order valence-electron chi connectivity index (χ1n) is 6.00. The molecular formula is C14H22FNO. The van der Waals surface area contributed by atoms with Crippen LogP contribution in [0, 0.1) is 18.7 Å². The molecule has 0 aliphatic rings. The van der Waals surface area contributed by atoms with Gasteiger partial charge < -0.3 is 10.1 Å². The Bertz CT molecular complexity index is 354. The maximum absolute atomic E-state index is 13.5. The average molecular weight is 239 g/mol. The maximum Gasteiger partial charge on any atom is 0.126 e. The fourth-order valence-electron chi connectivity index (χ4n) is 2.00. The van der Waals surface area contributed by atoms with E-state index in [0.717, 1.165) is 18.6 Å². The molecule has 2 unspecified atom stereocenters. The van der Waals surface area contributed by atoms with Gasteiger partial charge in [0.1, 0.15) is 5.82 Å². The zero-order valence-electron chi connectivity index (χ0n) is 11.1. The highest BCUT2D eigenvalue weighted by atomic mass is 19.1. The summed E-state index contributed by atoms with van der Waals surface area (Å²) in [5.74, 6) is 0.309. The van der Waals surface area contributed by atoms with Crippen molar-refractivity contribution in [1.82, 2.24) is 5.32 Å². The van der Waals surface area contributed by atoms with Crippen LogP contribution in [-0.4, -0.2) is 20.8 Å². The Hall–Kier alpha value is -0.930. The fraction of sp³-hybridized carbons (Fsp3) is 0.571. The molecule has 3 heteroatoms. The van der Waals surface area contributed by atoms with Crippen LogP contribution in [-0.2, 0) is 4.74 Å². The lowest BCUT2D eigenvalue weighted by Crippen LogP contribution is -2.21. The number of halogens is 1. The third kappa shape index (κ3) is 4.10. The zero-order chi connectivity index (χ0) is 12.8. The van der Waals surface area contributed by atoms with E-state index in [2.05, 4.69) is 12.2 Å². The largest absolute Gasteiger partial charge is 0.384 e. The van der Waals surface area contributed by atoms with E-state index in [1.54, 1.807) is 20.1 Å². The summed E-state index contributed by atoms with van der Waals surface area (Å²) >= 11 is 0. The van der Waals surface area contributed by atoms with Gasteiger partial charge in [-0.05, 0) is 43.5 Å². The van der Waals surface area contributed by atoms with Crippen LogP contribution in [0.4, 0.5) is 4.39 Å². The molecular weight excluding hydrogens is 217 g/mol. The van der Waals surface area contributed by atoms with Gasteiger partial charge in [-0.3, -0.25) is 0 Å². The number of methoxy groups -OCH3 is 1. The zero-order valence-corrected chi connectivity index (χ0v) is 11.1. The summed E-state index contributed by atoms with van der Waals surface area (Å²) in [7, 11) is 3.61. The SMILES string of the molecule is CNC(CC(C)COC)c1ccc(C)c(F)c1. The third-order valence-electron chi connectivity index (χ3n) is 3.04. The van der Waals surface area contributed by atoms with Crippen LogP contribution in [0.25, 0.3) is 0 Å². The Kier molecular flexibility index (Phi) is 5.59. The molecule has 0 aliphatic carbocycles. The molecule has 1 N–H and O–H groups in total. The van der Waals surface area contributed by atoms with Gasteiger partial charge >= 0.3 is 0 Å². The normalized spacial score (nSPS) is 14.6. The molecule has 0 fully saturated rings. The molecule has 0 aliphatic heterocycles. The van der Waals surface area contributed by atoms with Crippen molar-refractivity contribution in [2.75, 3.05) is 20.8 Å². The Morgan fingerprint density at radius 3 is 2.65 bits per heavy atom. The molecule has 0 amide bonds. The van der Waals surface area contributed by atoms with Crippen LogP contribution in [0.15, 0.2) is 18.2 Å². The van der Waals surface area contributed by atoms with Crippen LogP contribution in [0.5, 0.6) is 0 Å². The maximum atomic E-state index is 13.5. The van der Waals surface area contributed by atoms with Gasteiger partial charge in [0.05, 0.1) is 0 Å². The number of benzene rings is 1. The van der Waals surface area contributed by atoms with E-state index < -0.39 is 0 Å². The molecule has 0 aromatic heterocycles. The molecule has 2 atom stereocenters. The summed E-state index contributed by atoms with van der Waals surface area (Å²) in [6, 6.07) is 5.61. The van der Waals surface area contributed by atoms with E-state index in [1.165, 1.54) is 0 Å². The first kappa shape index (κ1) is 14.1. The summed E-state index contributed by atoms with van der Waals surface area (Å²) in [5.41, 5.74) is 1.69. The highest BCUT2D eigenvalue weighted by molar-refractivity contribution is 5.25. The lowest BCUT2D eigenvalue weighted by atomic mass is 9.95. The Morgan fingerprint density at radius 2 is 2.12 bits per heavy atom. The Balaban J connectivity index is 2.75. The Morgan fingerprint density at radius 1 is 1.41 bits per heavy atom. The molecule has 0 saturated heterocycles. The Labute approximate surface area is 103 Å². The summed E-state index contributed by atoms with van der Waals surface area (Å²) in [6.07, 6.45) is 0.937. The van der Waals surface area contributed by atoms with Gasteiger partial charge in [-0.1, -0.05) is 19.1 Å². The van der Waals surface area contributed by atoms with E-state index >= 15 is 0 Å². The van der Waals surface area contributed by atoms with E-state index in [-0.39, 0.29) is 11.9 Å². The lowest BCUT2D eigenvalue weighted by molar-refractivity contribution is 0.150. The van der Waals surface area contributed by atoms with Crippen molar-refractivity contribution < 1.29 is 9.13 Å². The molecule has 1 aromatic carbocycles. The minimum atomic E-state index is -0.137. The molecule has 0 saturated carbocycles. The van der Waals surface area contributed by atoms with Crippen molar-refractivity contribution in [2.45, 2.75) is 26.3 Å². The highest BCUT2D eigenvalue weighted by Gasteiger charge is 2.14. The lowest BCUT2D eigenvalue weighted by Gasteiger charge is -2.21. The quantitative estimate of drug-likeness (QED) is 0.823. The first-order valence-corrected chi connectivity index (χ1v) is 6.00. The van der Waals surface area contributed by atoms with Crippen molar-refractivity contribution in [3.8, 4) is 0 Å². The minimum absolute atomic E-state index is 0.137. The molecule has 2 nitrogen and oxygen atoms in total. The second-order valence-corrected chi connectivity index (χ2v) is 4.65. The van der Waals surface area contributed by atoms with E-state index in [1.807, 2.05) is 19.2 Å². The number of nitrogens with one attached hydrogen (secondary N) is 1. The van der Waals surface area contributed by atoms with Crippen LogP contribution < -0.4 is 5.32 Å². The van der Waals surface area contributed by atoms with Gasteiger partial charge in [0.2, 0.25) is 0 Å². The van der Waals surface area contributed by atoms with Crippen LogP contribution in [0.1, 0.15) is 30.5 Å². The third-order valence-corrected chi connectivity index (χ3v) is 3.04. The second-order valence-electron chi connectivity index (χ2n) is 4.65. The van der Waals surface area contributed by atoms with Gasteiger partial charge in [0.15, 0.2) is 0 Å². The monoisotopic (exact) mass is 239 g/mol. The molecule has 0 radical (unpaired) electrons. The second kappa shape index (κ2) is 6.72.